The molecule has 2 aromatic rings. The predicted molar refractivity (Wildman–Crippen MR) is 70.0 cm³/mol. The Hall–Kier alpha value is -2.41. The van der Waals surface area contributed by atoms with Crippen LogP contribution in [0.2, 0.25) is 0 Å². The first-order valence-electron chi connectivity index (χ1n) is 5.69. The van der Waals surface area contributed by atoms with E-state index in [4.69, 9.17) is 5.26 Å². The van der Waals surface area contributed by atoms with Crippen molar-refractivity contribution >= 4 is 5.69 Å². The molecule has 0 aliphatic carbocycles. The molecular weight excluding hydrogens is 224 g/mol. The van der Waals surface area contributed by atoms with E-state index in [1.807, 2.05) is 49.2 Å². The predicted octanol–water partition coefficient (Wildman–Crippen LogP) is 2.29. The largest absolute Gasteiger partial charge is 0.366 e. The van der Waals surface area contributed by atoms with E-state index >= 15 is 0 Å². The fourth-order valence-electron chi connectivity index (χ4n) is 1.81. The highest BCUT2D eigenvalue weighted by molar-refractivity contribution is 5.55. The molecule has 0 saturated heterocycles. The van der Waals surface area contributed by atoms with E-state index in [0.717, 1.165) is 17.1 Å². The van der Waals surface area contributed by atoms with Crippen molar-refractivity contribution in [2.45, 2.75) is 13.5 Å². The Morgan fingerprint density at radius 1 is 1.28 bits per heavy atom. The highest BCUT2D eigenvalue weighted by atomic mass is 15.1. The minimum Gasteiger partial charge on any atom is -0.366 e. The number of hydrogen-bond acceptors (Lipinski definition) is 4. The van der Waals surface area contributed by atoms with Gasteiger partial charge in [-0.05, 0) is 31.2 Å². The smallest absolute Gasteiger partial charge is 0.163 e. The van der Waals surface area contributed by atoms with Crippen molar-refractivity contribution in [3.8, 4) is 6.07 Å². The van der Waals surface area contributed by atoms with Gasteiger partial charge in [0.05, 0.1) is 17.9 Å². The number of nitriles is 1. The fraction of sp³-hybridized carbons (Fsp3) is 0.214. The summed E-state index contributed by atoms with van der Waals surface area (Å²) in [5.41, 5.74) is 3.23. The second-order valence-electron chi connectivity index (χ2n) is 4.11. The summed E-state index contributed by atoms with van der Waals surface area (Å²) in [6.07, 6.45) is 1.63. The maximum atomic E-state index is 9.02. The van der Waals surface area contributed by atoms with Gasteiger partial charge in [-0.1, -0.05) is 6.07 Å². The zero-order valence-electron chi connectivity index (χ0n) is 10.5. The summed E-state index contributed by atoms with van der Waals surface area (Å²) >= 11 is 0. The van der Waals surface area contributed by atoms with Gasteiger partial charge in [-0.2, -0.15) is 5.26 Å². The Balaban J connectivity index is 2.22. The van der Waals surface area contributed by atoms with Crippen molar-refractivity contribution in [1.29, 1.82) is 5.26 Å². The molecule has 0 saturated carbocycles. The second-order valence-corrected chi connectivity index (χ2v) is 4.11. The average molecular weight is 238 g/mol. The van der Waals surface area contributed by atoms with Crippen LogP contribution in [0.15, 0.2) is 36.5 Å². The molecule has 0 aliphatic heterocycles. The molecule has 0 N–H and O–H groups in total. The third-order valence-corrected chi connectivity index (χ3v) is 2.65. The maximum absolute atomic E-state index is 9.02. The van der Waals surface area contributed by atoms with E-state index in [2.05, 4.69) is 16.0 Å². The fourth-order valence-corrected chi connectivity index (χ4v) is 1.81. The number of nitrogens with zero attached hydrogens (tertiary/aromatic N) is 4. The lowest BCUT2D eigenvalue weighted by Crippen LogP contribution is -2.18. The molecule has 0 spiro atoms. The summed E-state index contributed by atoms with van der Waals surface area (Å²) in [5, 5.41) is 9.02. The molecule has 0 bridgehead atoms. The quantitative estimate of drug-likeness (QED) is 0.823. The van der Waals surface area contributed by atoms with Crippen molar-refractivity contribution in [2.24, 2.45) is 0 Å². The molecule has 18 heavy (non-hydrogen) atoms. The highest BCUT2D eigenvalue weighted by Crippen LogP contribution is 2.17. The van der Waals surface area contributed by atoms with Crippen LogP contribution in [0.25, 0.3) is 0 Å². The summed E-state index contributed by atoms with van der Waals surface area (Å²) in [6.45, 7) is 2.62. The van der Waals surface area contributed by atoms with Gasteiger partial charge in [-0.15, -0.1) is 0 Å². The van der Waals surface area contributed by atoms with Gasteiger partial charge in [0, 0.05) is 18.9 Å². The van der Waals surface area contributed by atoms with Crippen LogP contribution < -0.4 is 4.90 Å². The van der Waals surface area contributed by atoms with Crippen molar-refractivity contribution in [1.82, 2.24) is 9.97 Å². The van der Waals surface area contributed by atoms with Crippen LogP contribution in [-0.2, 0) is 6.54 Å². The maximum Gasteiger partial charge on any atom is 0.163 e. The van der Waals surface area contributed by atoms with Gasteiger partial charge in [-0.25, -0.2) is 4.98 Å². The minimum absolute atomic E-state index is 0.438. The second kappa shape index (κ2) is 5.28. The first-order valence-corrected chi connectivity index (χ1v) is 5.69. The Labute approximate surface area is 107 Å². The molecule has 2 heterocycles. The lowest BCUT2D eigenvalue weighted by molar-refractivity contribution is 0.871. The highest BCUT2D eigenvalue weighted by Gasteiger charge is 2.08. The van der Waals surface area contributed by atoms with E-state index < -0.39 is 0 Å². The SMILES string of the molecule is Cc1cccc(CN(C)c2cccnc2C#N)n1. The molecule has 0 fully saturated rings. The van der Waals surface area contributed by atoms with Crippen molar-refractivity contribution < 1.29 is 0 Å². The van der Waals surface area contributed by atoms with Crippen LogP contribution in [0.3, 0.4) is 0 Å². The van der Waals surface area contributed by atoms with Gasteiger partial charge in [0.25, 0.3) is 0 Å². The van der Waals surface area contributed by atoms with Gasteiger partial charge in [0.15, 0.2) is 5.69 Å². The van der Waals surface area contributed by atoms with Crippen LogP contribution >= 0.6 is 0 Å². The summed E-state index contributed by atoms with van der Waals surface area (Å²) in [7, 11) is 1.93. The monoisotopic (exact) mass is 238 g/mol. The van der Waals surface area contributed by atoms with Crippen LogP contribution in [0.4, 0.5) is 5.69 Å². The number of rotatable bonds is 3. The average Bonchev–Trinajstić information content (AvgIpc) is 2.38. The number of pyridine rings is 2. The molecule has 0 radical (unpaired) electrons. The van der Waals surface area contributed by atoms with E-state index in [1.165, 1.54) is 0 Å². The number of aromatic nitrogens is 2. The zero-order valence-corrected chi connectivity index (χ0v) is 10.5. The lowest BCUT2D eigenvalue weighted by Gasteiger charge is -2.19. The first-order chi connectivity index (χ1) is 8.70. The number of anilines is 1. The van der Waals surface area contributed by atoms with Gasteiger partial charge in [-0.3, -0.25) is 4.98 Å². The van der Waals surface area contributed by atoms with E-state index in [1.54, 1.807) is 6.20 Å². The van der Waals surface area contributed by atoms with E-state index in [-0.39, 0.29) is 0 Å². The molecule has 2 aromatic heterocycles. The Kier molecular flexibility index (Phi) is 3.54. The zero-order chi connectivity index (χ0) is 13.0. The summed E-state index contributed by atoms with van der Waals surface area (Å²) in [6, 6.07) is 11.8. The Morgan fingerprint density at radius 2 is 2.11 bits per heavy atom. The normalized spacial score (nSPS) is 9.83. The molecular formula is C14H14N4. The third kappa shape index (κ3) is 2.64. The molecule has 4 heteroatoms. The number of aryl methyl sites for hydroxylation is 1. The molecule has 90 valence electrons. The van der Waals surface area contributed by atoms with Crippen LogP contribution in [0.5, 0.6) is 0 Å². The lowest BCUT2D eigenvalue weighted by atomic mass is 10.2. The Bertz CT molecular complexity index is 586. The van der Waals surface area contributed by atoms with E-state index in [9.17, 15) is 0 Å². The molecule has 0 aliphatic rings. The summed E-state index contributed by atoms with van der Waals surface area (Å²) in [4.78, 5) is 10.5. The summed E-state index contributed by atoms with van der Waals surface area (Å²) < 4.78 is 0. The van der Waals surface area contributed by atoms with Crippen LogP contribution in [0, 0.1) is 18.3 Å². The molecule has 0 aromatic carbocycles. The topological polar surface area (TPSA) is 52.8 Å². The van der Waals surface area contributed by atoms with Crippen molar-refractivity contribution in [2.75, 3.05) is 11.9 Å². The number of hydrogen-bond donors (Lipinski definition) is 0. The van der Waals surface area contributed by atoms with Crippen LogP contribution in [-0.4, -0.2) is 17.0 Å². The Morgan fingerprint density at radius 3 is 2.83 bits per heavy atom. The van der Waals surface area contributed by atoms with Gasteiger partial charge in [0.1, 0.15) is 6.07 Å². The molecule has 0 atom stereocenters. The van der Waals surface area contributed by atoms with Crippen molar-refractivity contribution in [3.63, 3.8) is 0 Å². The van der Waals surface area contributed by atoms with Crippen molar-refractivity contribution in [3.05, 3.63) is 53.6 Å². The standard InChI is InChI=1S/C14H14N4/c1-11-5-3-6-12(17-11)10-18(2)14-7-4-8-16-13(14)9-15/h3-8H,10H2,1-2H3. The third-order valence-electron chi connectivity index (χ3n) is 2.65. The molecule has 0 amide bonds. The van der Waals surface area contributed by atoms with Gasteiger partial charge in [0.2, 0.25) is 0 Å². The van der Waals surface area contributed by atoms with E-state index in [0.29, 0.717) is 12.2 Å². The van der Waals surface area contributed by atoms with Crippen LogP contribution in [0.1, 0.15) is 17.1 Å². The first kappa shape index (κ1) is 12.1. The molecule has 0 unspecified atom stereocenters. The van der Waals surface area contributed by atoms with Gasteiger partial charge < -0.3 is 4.90 Å². The molecule has 4 nitrogen and oxygen atoms in total. The molecule has 2 rings (SSSR count). The van der Waals surface area contributed by atoms with Gasteiger partial charge >= 0.3 is 0 Å². The summed E-state index contributed by atoms with van der Waals surface area (Å²) in [5.74, 6) is 0. The minimum atomic E-state index is 0.438.